The number of hydrogen-bond donors (Lipinski definition) is 3. The summed E-state index contributed by atoms with van der Waals surface area (Å²) in [6, 6.07) is 3.50. The van der Waals surface area contributed by atoms with Gasteiger partial charge in [-0.05, 0) is 65.2 Å². The molecule has 0 bridgehead atoms. The topological polar surface area (TPSA) is 120 Å². The van der Waals surface area contributed by atoms with E-state index in [1.165, 1.54) is 23.1 Å². The van der Waals surface area contributed by atoms with Gasteiger partial charge in [0.2, 0.25) is 5.91 Å². The molecule has 0 saturated carbocycles. The Kier molecular flexibility index (Phi) is 14.0. The van der Waals surface area contributed by atoms with E-state index in [2.05, 4.69) is 10.6 Å². The highest BCUT2D eigenvalue weighted by atomic mass is 19.4. The average Bonchev–Trinajstić information content (AvgIpc) is 2.92. The van der Waals surface area contributed by atoms with Crippen LogP contribution in [0.25, 0.3) is 0 Å². The van der Waals surface area contributed by atoms with E-state index < -0.39 is 43.0 Å². The van der Waals surface area contributed by atoms with E-state index in [4.69, 9.17) is 9.47 Å². The van der Waals surface area contributed by atoms with Crippen LogP contribution in [-0.4, -0.2) is 96.6 Å². The summed E-state index contributed by atoms with van der Waals surface area (Å²) in [4.78, 5) is 41.9. The van der Waals surface area contributed by atoms with Crippen molar-refractivity contribution in [2.45, 2.75) is 97.2 Å². The number of anilines is 1. The lowest BCUT2D eigenvalue weighted by Gasteiger charge is -2.36. The second-order valence-electron chi connectivity index (χ2n) is 11.7. The number of nitrogens with zero attached hydrogens (tertiary/aromatic N) is 2. The second-order valence-corrected chi connectivity index (χ2v) is 11.7. The van der Waals surface area contributed by atoms with Gasteiger partial charge in [-0.15, -0.1) is 0 Å². The van der Waals surface area contributed by atoms with Crippen LogP contribution in [-0.2, 0) is 9.53 Å². The number of halogens is 3. The van der Waals surface area contributed by atoms with Crippen LogP contribution < -0.4 is 15.4 Å². The number of fused-ring (bicyclic) bond motifs is 1. The van der Waals surface area contributed by atoms with Crippen molar-refractivity contribution in [3.63, 3.8) is 0 Å². The van der Waals surface area contributed by atoms with Gasteiger partial charge in [-0.25, -0.2) is 4.79 Å². The van der Waals surface area contributed by atoms with Gasteiger partial charge in [0, 0.05) is 50.8 Å². The molecule has 3 N–H and O–H groups in total. The molecule has 0 unspecified atom stereocenters. The third kappa shape index (κ3) is 12.2. The molecule has 244 valence electrons. The highest BCUT2D eigenvalue weighted by molar-refractivity contribution is 5.99. The fourth-order valence-electron chi connectivity index (χ4n) is 4.65. The summed E-state index contributed by atoms with van der Waals surface area (Å²) >= 11 is 0. The van der Waals surface area contributed by atoms with Crippen LogP contribution >= 0.6 is 0 Å². The first-order chi connectivity index (χ1) is 20.1. The Morgan fingerprint density at radius 1 is 1.19 bits per heavy atom. The highest BCUT2D eigenvalue weighted by Crippen LogP contribution is 2.29. The molecule has 0 fully saturated rings. The molecule has 43 heavy (non-hydrogen) atoms. The Balaban J connectivity index is 2.42. The van der Waals surface area contributed by atoms with Crippen molar-refractivity contribution in [3.8, 4) is 5.75 Å². The Morgan fingerprint density at radius 2 is 1.88 bits per heavy atom. The number of carbonyl (C=O) groups excluding carboxylic acids is 3. The lowest BCUT2D eigenvalue weighted by molar-refractivity contribution is -0.142. The summed E-state index contributed by atoms with van der Waals surface area (Å²) in [7, 11) is 1.68. The molecular formula is C30H47F3N4O6. The van der Waals surface area contributed by atoms with Gasteiger partial charge in [0.15, 0.2) is 0 Å². The average molecular weight is 617 g/mol. The molecule has 0 spiro atoms. The smallest absolute Gasteiger partial charge is 0.389 e. The maximum atomic E-state index is 14.1. The number of hydrogen-bond acceptors (Lipinski definition) is 6. The number of aliphatic hydroxyl groups is 1. The number of nitrogens with one attached hydrogen (secondary N) is 2. The summed E-state index contributed by atoms with van der Waals surface area (Å²) in [6.07, 6.45) is -4.97. The minimum absolute atomic E-state index is 0.0422. The molecular weight excluding hydrogens is 569 g/mol. The number of carbonyl (C=O) groups is 3. The molecule has 2 rings (SSSR count). The number of ether oxygens (including phenoxy) is 2. The quantitative estimate of drug-likeness (QED) is 0.386. The summed E-state index contributed by atoms with van der Waals surface area (Å²) < 4.78 is 50.2. The molecule has 13 heteroatoms. The van der Waals surface area contributed by atoms with Crippen LogP contribution in [0.5, 0.6) is 5.75 Å². The summed E-state index contributed by atoms with van der Waals surface area (Å²) in [5, 5.41) is 15.4. The zero-order chi connectivity index (χ0) is 32.3. The summed E-state index contributed by atoms with van der Waals surface area (Å²) in [6.45, 7) is 9.78. The first-order valence-corrected chi connectivity index (χ1v) is 14.8. The Labute approximate surface area is 252 Å². The van der Waals surface area contributed by atoms with Crippen LogP contribution in [0.4, 0.5) is 23.7 Å². The molecule has 4 amide bonds. The number of amides is 4. The third-order valence-corrected chi connectivity index (χ3v) is 7.18. The molecule has 1 aliphatic rings. The van der Waals surface area contributed by atoms with Gasteiger partial charge in [0.25, 0.3) is 5.91 Å². The van der Waals surface area contributed by atoms with E-state index in [0.717, 1.165) is 12.8 Å². The fraction of sp³-hybridized carbons (Fsp3) is 0.700. The molecule has 1 aromatic rings. The minimum atomic E-state index is -4.47. The molecule has 4 atom stereocenters. The van der Waals surface area contributed by atoms with E-state index in [9.17, 15) is 32.7 Å². The Morgan fingerprint density at radius 3 is 2.51 bits per heavy atom. The molecule has 0 aliphatic carbocycles. The molecule has 0 aromatic heterocycles. The predicted octanol–water partition coefficient (Wildman–Crippen LogP) is 4.81. The van der Waals surface area contributed by atoms with Gasteiger partial charge < -0.3 is 35.0 Å². The van der Waals surface area contributed by atoms with Crippen molar-refractivity contribution in [1.29, 1.82) is 0 Å². The van der Waals surface area contributed by atoms with Gasteiger partial charge in [-0.1, -0.05) is 6.92 Å². The van der Waals surface area contributed by atoms with Crippen LogP contribution in [0.3, 0.4) is 0 Å². The van der Waals surface area contributed by atoms with Crippen LogP contribution in [0.15, 0.2) is 18.2 Å². The van der Waals surface area contributed by atoms with Crippen molar-refractivity contribution in [2.24, 2.45) is 5.92 Å². The molecule has 1 aromatic carbocycles. The van der Waals surface area contributed by atoms with E-state index >= 15 is 0 Å². The molecule has 1 aliphatic heterocycles. The maximum Gasteiger partial charge on any atom is 0.389 e. The molecule has 1 heterocycles. The first kappa shape index (κ1) is 36.1. The standard InChI is InChI=1S/C30H47F3N4O6/c1-19(2)34-29(41)36(6)17-26-20(3)16-37(21(4)18-38)28(40)24-15-23(35-27(39)12-13-30(31,32)33)10-11-25(24)43-22(5)9-7-8-14-42-26/h10-11,15,19-22,26,38H,7-9,12-14,16-18H2,1-6H3,(H,34,41)(H,35,39)/t20-,21+,22-,26-/m1/s1. The zero-order valence-electron chi connectivity index (χ0n) is 26.0. The van der Waals surface area contributed by atoms with Crippen molar-refractivity contribution in [2.75, 3.05) is 38.7 Å². The van der Waals surface area contributed by atoms with Gasteiger partial charge >= 0.3 is 12.2 Å². The number of urea groups is 1. The number of rotatable bonds is 8. The largest absolute Gasteiger partial charge is 0.490 e. The highest BCUT2D eigenvalue weighted by Gasteiger charge is 2.31. The van der Waals surface area contributed by atoms with Crippen molar-refractivity contribution in [3.05, 3.63) is 23.8 Å². The van der Waals surface area contributed by atoms with Crippen molar-refractivity contribution < 1.29 is 42.1 Å². The molecule has 0 radical (unpaired) electrons. The van der Waals surface area contributed by atoms with Gasteiger partial charge in [-0.3, -0.25) is 9.59 Å². The SMILES string of the molecule is CC(C)NC(=O)N(C)C[C@H]1OCCCC[C@@H](C)Oc2ccc(NC(=O)CCC(F)(F)F)cc2C(=O)N([C@@H](C)CO)C[C@H]1C. The monoisotopic (exact) mass is 616 g/mol. The summed E-state index contributed by atoms with van der Waals surface area (Å²) in [5.74, 6) is -1.31. The van der Waals surface area contributed by atoms with Crippen molar-refractivity contribution >= 4 is 23.5 Å². The fourth-order valence-corrected chi connectivity index (χ4v) is 4.65. The number of alkyl halides is 3. The predicted molar refractivity (Wildman–Crippen MR) is 157 cm³/mol. The Bertz CT molecular complexity index is 1070. The van der Waals surface area contributed by atoms with E-state index in [0.29, 0.717) is 13.0 Å². The number of likely N-dealkylation sites (N-methyl/N-ethyl adjacent to an activating group) is 1. The van der Waals surface area contributed by atoms with Gasteiger partial charge in [-0.2, -0.15) is 13.2 Å². The normalized spacial score (nSPS) is 21.3. The molecule has 0 saturated heterocycles. The van der Waals surface area contributed by atoms with Crippen molar-refractivity contribution in [1.82, 2.24) is 15.1 Å². The third-order valence-electron chi connectivity index (χ3n) is 7.18. The number of benzene rings is 1. The Hall–Kier alpha value is -3.06. The van der Waals surface area contributed by atoms with Crippen LogP contribution in [0.2, 0.25) is 0 Å². The first-order valence-electron chi connectivity index (χ1n) is 14.8. The molecule has 10 nitrogen and oxygen atoms in total. The van der Waals surface area contributed by atoms with Crippen LogP contribution in [0, 0.1) is 5.92 Å². The minimum Gasteiger partial charge on any atom is -0.490 e. The van der Waals surface area contributed by atoms with Crippen LogP contribution in [0.1, 0.15) is 77.1 Å². The summed E-state index contributed by atoms with van der Waals surface area (Å²) in [5.41, 5.74) is 0.260. The lowest BCUT2D eigenvalue weighted by Crippen LogP contribution is -2.49. The van der Waals surface area contributed by atoms with E-state index in [1.807, 2.05) is 27.7 Å². The van der Waals surface area contributed by atoms with Gasteiger partial charge in [0.05, 0.1) is 36.8 Å². The lowest BCUT2D eigenvalue weighted by atomic mass is 10.0. The van der Waals surface area contributed by atoms with Gasteiger partial charge in [0.1, 0.15) is 5.75 Å². The maximum absolute atomic E-state index is 14.1. The number of aliphatic hydroxyl groups excluding tert-OH is 1. The second kappa shape index (κ2) is 16.7. The van der Waals surface area contributed by atoms with E-state index in [1.54, 1.807) is 18.9 Å². The zero-order valence-corrected chi connectivity index (χ0v) is 26.0. The van der Waals surface area contributed by atoms with E-state index in [-0.39, 0.29) is 60.8 Å².